The third-order valence-electron chi connectivity index (χ3n) is 2.67. The SMILES string of the molecule is CC(C)(C)c1ncc(CNCc2ccccc2)s1. The van der Waals surface area contributed by atoms with Crippen molar-refractivity contribution >= 4 is 11.3 Å². The van der Waals surface area contributed by atoms with Gasteiger partial charge in [-0.05, 0) is 5.56 Å². The van der Waals surface area contributed by atoms with Crippen molar-refractivity contribution in [3.63, 3.8) is 0 Å². The summed E-state index contributed by atoms with van der Waals surface area (Å²) in [6, 6.07) is 10.5. The highest BCUT2D eigenvalue weighted by Crippen LogP contribution is 2.26. The van der Waals surface area contributed by atoms with Crippen LogP contribution in [0.5, 0.6) is 0 Å². The second-order valence-electron chi connectivity index (χ2n) is 5.47. The van der Waals surface area contributed by atoms with Gasteiger partial charge in [-0.2, -0.15) is 0 Å². The normalized spacial score (nSPS) is 11.7. The highest BCUT2D eigenvalue weighted by Gasteiger charge is 2.17. The summed E-state index contributed by atoms with van der Waals surface area (Å²) in [6.45, 7) is 8.40. The van der Waals surface area contributed by atoms with Crippen molar-refractivity contribution in [2.45, 2.75) is 39.3 Å². The van der Waals surface area contributed by atoms with Crippen LogP contribution in [-0.4, -0.2) is 4.98 Å². The molecule has 0 bridgehead atoms. The zero-order valence-electron chi connectivity index (χ0n) is 11.2. The van der Waals surface area contributed by atoms with Gasteiger partial charge in [0.05, 0.1) is 5.01 Å². The van der Waals surface area contributed by atoms with Gasteiger partial charge in [0.2, 0.25) is 0 Å². The first-order valence-electron chi connectivity index (χ1n) is 6.25. The Morgan fingerprint density at radius 2 is 1.83 bits per heavy atom. The van der Waals surface area contributed by atoms with Crippen LogP contribution in [0.25, 0.3) is 0 Å². The van der Waals surface area contributed by atoms with Crippen molar-refractivity contribution < 1.29 is 0 Å². The first-order valence-corrected chi connectivity index (χ1v) is 7.07. The van der Waals surface area contributed by atoms with E-state index in [1.54, 1.807) is 11.3 Å². The quantitative estimate of drug-likeness (QED) is 0.906. The molecule has 0 saturated heterocycles. The van der Waals surface area contributed by atoms with Crippen molar-refractivity contribution in [2.75, 3.05) is 0 Å². The predicted molar refractivity (Wildman–Crippen MR) is 77.8 cm³/mol. The number of hydrogen-bond donors (Lipinski definition) is 1. The molecule has 0 atom stereocenters. The van der Waals surface area contributed by atoms with Gasteiger partial charge in [-0.1, -0.05) is 51.1 Å². The van der Waals surface area contributed by atoms with E-state index in [-0.39, 0.29) is 5.41 Å². The maximum Gasteiger partial charge on any atom is 0.0981 e. The average Bonchev–Trinajstić information content (AvgIpc) is 2.79. The molecule has 3 heteroatoms. The smallest absolute Gasteiger partial charge is 0.0981 e. The summed E-state index contributed by atoms with van der Waals surface area (Å²) in [7, 11) is 0. The number of aromatic nitrogens is 1. The molecule has 1 aromatic heterocycles. The molecule has 0 amide bonds. The first kappa shape index (κ1) is 13.2. The Kier molecular flexibility index (Phi) is 4.15. The Hall–Kier alpha value is -1.19. The molecule has 0 fully saturated rings. The first-order chi connectivity index (χ1) is 8.55. The third-order valence-corrected chi connectivity index (χ3v) is 4.09. The van der Waals surface area contributed by atoms with E-state index < -0.39 is 0 Å². The molecule has 0 unspecified atom stereocenters. The molecule has 0 radical (unpaired) electrons. The molecule has 0 aliphatic heterocycles. The van der Waals surface area contributed by atoms with Crippen LogP contribution in [0.2, 0.25) is 0 Å². The molecule has 0 aliphatic carbocycles. The Bertz CT molecular complexity index is 483. The molecule has 18 heavy (non-hydrogen) atoms. The lowest BCUT2D eigenvalue weighted by Crippen LogP contribution is -2.11. The van der Waals surface area contributed by atoms with Crippen LogP contribution >= 0.6 is 11.3 Å². The molecule has 2 aromatic rings. The summed E-state index contributed by atoms with van der Waals surface area (Å²) < 4.78 is 0. The second-order valence-corrected chi connectivity index (χ2v) is 6.59. The summed E-state index contributed by atoms with van der Waals surface area (Å²) in [6.07, 6.45) is 1.99. The fraction of sp³-hybridized carbons (Fsp3) is 0.400. The van der Waals surface area contributed by atoms with Crippen LogP contribution in [-0.2, 0) is 18.5 Å². The Labute approximate surface area is 113 Å². The zero-order valence-corrected chi connectivity index (χ0v) is 12.1. The van der Waals surface area contributed by atoms with Gasteiger partial charge in [0.25, 0.3) is 0 Å². The molecule has 0 saturated carbocycles. The largest absolute Gasteiger partial charge is 0.308 e. The maximum atomic E-state index is 4.49. The highest BCUT2D eigenvalue weighted by atomic mass is 32.1. The molecule has 2 rings (SSSR count). The third kappa shape index (κ3) is 3.65. The van der Waals surface area contributed by atoms with Crippen LogP contribution < -0.4 is 5.32 Å². The van der Waals surface area contributed by atoms with Crippen molar-refractivity contribution in [2.24, 2.45) is 0 Å². The highest BCUT2D eigenvalue weighted by molar-refractivity contribution is 7.11. The topological polar surface area (TPSA) is 24.9 Å². The Morgan fingerprint density at radius 3 is 2.44 bits per heavy atom. The maximum absolute atomic E-state index is 4.49. The summed E-state index contributed by atoms with van der Waals surface area (Å²) in [4.78, 5) is 5.79. The number of thiazole rings is 1. The van der Waals surface area contributed by atoms with Crippen LogP contribution in [0.3, 0.4) is 0 Å². The van der Waals surface area contributed by atoms with Crippen LogP contribution in [0.1, 0.15) is 36.2 Å². The minimum atomic E-state index is 0.155. The fourth-order valence-corrected chi connectivity index (χ4v) is 2.60. The van der Waals surface area contributed by atoms with Crippen LogP contribution in [0, 0.1) is 0 Å². The molecule has 0 spiro atoms. The van der Waals surface area contributed by atoms with Gasteiger partial charge in [-0.15, -0.1) is 11.3 Å². The van der Waals surface area contributed by atoms with E-state index >= 15 is 0 Å². The molecule has 1 aromatic carbocycles. The molecular weight excluding hydrogens is 240 g/mol. The van der Waals surface area contributed by atoms with Crippen molar-refractivity contribution in [1.82, 2.24) is 10.3 Å². The molecule has 1 heterocycles. The van der Waals surface area contributed by atoms with Gasteiger partial charge in [-0.25, -0.2) is 4.98 Å². The minimum absolute atomic E-state index is 0.155. The molecule has 0 aliphatic rings. The van der Waals surface area contributed by atoms with E-state index in [9.17, 15) is 0 Å². The van der Waals surface area contributed by atoms with Gasteiger partial charge in [0.15, 0.2) is 0 Å². The van der Waals surface area contributed by atoms with E-state index in [0.717, 1.165) is 13.1 Å². The van der Waals surface area contributed by atoms with Crippen LogP contribution in [0.4, 0.5) is 0 Å². The van der Waals surface area contributed by atoms with Gasteiger partial charge < -0.3 is 5.32 Å². The summed E-state index contributed by atoms with van der Waals surface area (Å²) >= 11 is 1.80. The summed E-state index contributed by atoms with van der Waals surface area (Å²) in [5.41, 5.74) is 1.47. The predicted octanol–water partition coefficient (Wildman–Crippen LogP) is 3.73. The standard InChI is InChI=1S/C15H20N2S/c1-15(2,3)14-17-11-13(18-14)10-16-9-12-7-5-4-6-8-12/h4-8,11,16H,9-10H2,1-3H3. The number of rotatable bonds is 4. The molecular formula is C15H20N2S. The number of benzene rings is 1. The lowest BCUT2D eigenvalue weighted by Gasteiger charge is -2.13. The van der Waals surface area contributed by atoms with Gasteiger partial charge in [0.1, 0.15) is 0 Å². The van der Waals surface area contributed by atoms with E-state index in [1.807, 2.05) is 12.3 Å². The molecule has 1 N–H and O–H groups in total. The van der Waals surface area contributed by atoms with E-state index in [2.05, 4.69) is 55.3 Å². The molecule has 2 nitrogen and oxygen atoms in total. The monoisotopic (exact) mass is 260 g/mol. The number of nitrogens with one attached hydrogen (secondary N) is 1. The lowest BCUT2D eigenvalue weighted by molar-refractivity contribution is 0.585. The van der Waals surface area contributed by atoms with Gasteiger partial charge >= 0.3 is 0 Å². The lowest BCUT2D eigenvalue weighted by atomic mass is 9.98. The Morgan fingerprint density at radius 1 is 1.11 bits per heavy atom. The second kappa shape index (κ2) is 5.63. The number of hydrogen-bond acceptors (Lipinski definition) is 3. The molecule has 96 valence electrons. The number of nitrogens with zero attached hydrogens (tertiary/aromatic N) is 1. The van der Waals surface area contributed by atoms with Crippen LogP contribution in [0.15, 0.2) is 36.5 Å². The minimum Gasteiger partial charge on any atom is -0.308 e. The van der Waals surface area contributed by atoms with Crippen molar-refractivity contribution in [3.05, 3.63) is 52.0 Å². The van der Waals surface area contributed by atoms with E-state index in [1.165, 1.54) is 15.4 Å². The summed E-state index contributed by atoms with van der Waals surface area (Å²) in [5.74, 6) is 0. The van der Waals surface area contributed by atoms with E-state index in [4.69, 9.17) is 0 Å². The van der Waals surface area contributed by atoms with Crippen molar-refractivity contribution in [1.29, 1.82) is 0 Å². The van der Waals surface area contributed by atoms with Crippen molar-refractivity contribution in [3.8, 4) is 0 Å². The zero-order chi connectivity index (χ0) is 13.0. The van der Waals surface area contributed by atoms with E-state index in [0.29, 0.717) is 0 Å². The fourth-order valence-electron chi connectivity index (χ4n) is 1.66. The Balaban J connectivity index is 1.86. The van der Waals surface area contributed by atoms with Gasteiger partial charge in [-0.3, -0.25) is 0 Å². The average molecular weight is 260 g/mol. The van der Waals surface area contributed by atoms with Gasteiger partial charge in [0, 0.05) is 29.6 Å². The summed E-state index contributed by atoms with van der Waals surface area (Å²) in [5, 5.41) is 4.66.